The zero-order valence-corrected chi connectivity index (χ0v) is 12.0. The summed E-state index contributed by atoms with van der Waals surface area (Å²) in [6.45, 7) is 0.367. The van der Waals surface area contributed by atoms with Crippen molar-refractivity contribution in [3.63, 3.8) is 0 Å². The summed E-state index contributed by atoms with van der Waals surface area (Å²) < 4.78 is 33.1. The quantitative estimate of drug-likeness (QED) is 0.853. The van der Waals surface area contributed by atoms with E-state index in [2.05, 4.69) is 4.72 Å². The van der Waals surface area contributed by atoms with E-state index in [1.165, 1.54) is 11.3 Å². The van der Waals surface area contributed by atoms with E-state index < -0.39 is 10.0 Å². The predicted octanol–water partition coefficient (Wildman–Crippen LogP) is 1.09. The molecule has 0 spiro atoms. The summed E-state index contributed by atoms with van der Waals surface area (Å²) in [5, 5.41) is 10.9. The topological polar surface area (TPSA) is 75.6 Å². The number of aliphatic hydroxyl groups excluding tert-OH is 1. The molecule has 7 heteroatoms. The molecular formula is C12H17NO4S2. The lowest BCUT2D eigenvalue weighted by atomic mass is 10.1. The van der Waals surface area contributed by atoms with Gasteiger partial charge >= 0.3 is 0 Å². The molecular weight excluding hydrogens is 286 g/mol. The highest BCUT2D eigenvalue weighted by molar-refractivity contribution is 7.89. The molecule has 2 fully saturated rings. The van der Waals surface area contributed by atoms with Crippen molar-refractivity contribution in [1.29, 1.82) is 0 Å². The van der Waals surface area contributed by atoms with Crippen molar-refractivity contribution in [2.45, 2.75) is 42.9 Å². The Hall–Kier alpha value is -0.470. The van der Waals surface area contributed by atoms with E-state index in [1.807, 2.05) is 0 Å². The van der Waals surface area contributed by atoms with E-state index in [0.29, 0.717) is 17.4 Å². The molecule has 0 radical (unpaired) electrons. The number of thiophene rings is 1. The summed E-state index contributed by atoms with van der Waals surface area (Å²) in [4.78, 5) is 0.677. The van der Waals surface area contributed by atoms with Gasteiger partial charge in [-0.25, -0.2) is 13.1 Å². The van der Waals surface area contributed by atoms with Gasteiger partial charge in [-0.05, 0) is 36.6 Å². The molecule has 2 N–H and O–H groups in total. The molecule has 1 saturated carbocycles. The Kier molecular flexibility index (Phi) is 3.65. The Balaban J connectivity index is 1.77. The molecule has 3 rings (SSSR count). The normalized spacial score (nSPS) is 27.8. The minimum atomic E-state index is -3.56. The minimum Gasteiger partial charge on any atom is -0.391 e. The highest BCUT2D eigenvalue weighted by Crippen LogP contribution is 2.39. The largest absolute Gasteiger partial charge is 0.391 e. The summed E-state index contributed by atoms with van der Waals surface area (Å²) in [6.07, 6.45) is 3.00. The SMILES string of the molecule is O=S(=O)(NC1CCOC1C1CC1)c1ccsc1CO. The van der Waals surface area contributed by atoms with E-state index in [-0.39, 0.29) is 23.6 Å². The van der Waals surface area contributed by atoms with Gasteiger partial charge in [-0.15, -0.1) is 11.3 Å². The molecule has 1 aliphatic heterocycles. The van der Waals surface area contributed by atoms with Gasteiger partial charge in [0.2, 0.25) is 10.0 Å². The van der Waals surface area contributed by atoms with Gasteiger partial charge in [-0.3, -0.25) is 0 Å². The van der Waals surface area contributed by atoms with Gasteiger partial charge in [0.15, 0.2) is 0 Å². The van der Waals surface area contributed by atoms with Crippen molar-refractivity contribution in [2.75, 3.05) is 6.61 Å². The standard InChI is InChI=1S/C12H17NO4S2/c14-7-10-11(4-6-18-10)19(15,16)13-9-3-5-17-12(9)8-1-2-8/h4,6,8-9,12-14H,1-3,5,7H2. The van der Waals surface area contributed by atoms with Crippen molar-refractivity contribution in [1.82, 2.24) is 4.72 Å². The molecule has 1 aliphatic carbocycles. The summed E-state index contributed by atoms with van der Waals surface area (Å²) in [7, 11) is -3.56. The number of aliphatic hydroxyl groups is 1. The Morgan fingerprint density at radius 2 is 2.21 bits per heavy atom. The van der Waals surface area contributed by atoms with E-state index in [0.717, 1.165) is 19.3 Å². The third-order valence-corrected chi connectivity index (χ3v) is 6.28. The number of nitrogens with one attached hydrogen (secondary N) is 1. The Morgan fingerprint density at radius 1 is 1.42 bits per heavy atom. The molecule has 5 nitrogen and oxygen atoms in total. The first kappa shape index (κ1) is 13.5. The van der Waals surface area contributed by atoms with Crippen molar-refractivity contribution < 1.29 is 18.3 Å². The van der Waals surface area contributed by atoms with Crippen LogP contribution >= 0.6 is 11.3 Å². The number of rotatable bonds is 5. The van der Waals surface area contributed by atoms with Crippen LogP contribution in [0.1, 0.15) is 24.1 Å². The minimum absolute atomic E-state index is 0.0194. The van der Waals surface area contributed by atoms with Gasteiger partial charge in [-0.2, -0.15) is 0 Å². The maximum Gasteiger partial charge on any atom is 0.242 e. The lowest BCUT2D eigenvalue weighted by molar-refractivity contribution is 0.0848. The first-order valence-corrected chi connectivity index (χ1v) is 8.79. The zero-order valence-electron chi connectivity index (χ0n) is 10.4. The van der Waals surface area contributed by atoms with Gasteiger partial charge in [-0.1, -0.05) is 0 Å². The summed E-state index contributed by atoms with van der Waals surface area (Å²) in [5.41, 5.74) is 0. The van der Waals surface area contributed by atoms with E-state index in [1.54, 1.807) is 11.4 Å². The average molecular weight is 303 g/mol. The highest BCUT2D eigenvalue weighted by Gasteiger charge is 2.42. The predicted molar refractivity (Wildman–Crippen MR) is 71.4 cm³/mol. The van der Waals surface area contributed by atoms with Crippen LogP contribution in [0.15, 0.2) is 16.3 Å². The molecule has 2 aliphatic rings. The summed E-state index contributed by atoms with van der Waals surface area (Å²) >= 11 is 1.25. The smallest absolute Gasteiger partial charge is 0.242 e. The molecule has 0 bridgehead atoms. The third-order valence-electron chi connectivity index (χ3n) is 3.67. The van der Waals surface area contributed by atoms with Crippen molar-refractivity contribution in [3.8, 4) is 0 Å². The van der Waals surface area contributed by atoms with Crippen LogP contribution in [0.3, 0.4) is 0 Å². The fourth-order valence-electron chi connectivity index (χ4n) is 2.57. The fraction of sp³-hybridized carbons (Fsp3) is 0.667. The second-order valence-corrected chi connectivity index (χ2v) is 7.74. The fourth-order valence-corrected chi connectivity index (χ4v) is 5.15. The van der Waals surface area contributed by atoms with Crippen LogP contribution in [0.5, 0.6) is 0 Å². The molecule has 106 valence electrons. The summed E-state index contributed by atoms with van der Waals surface area (Å²) in [5.74, 6) is 0.509. The average Bonchev–Trinajstić information content (AvgIpc) is 2.92. The van der Waals surface area contributed by atoms with E-state index >= 15 is 0 Å². The second-order valence-electron chi connectivity index (χ2n) is 5.06. The number of hydrogen-bond acceptors (Lipinski definition) is 5. The first-order chi connectivity index (χ1) is 9.12. The molecule has 1 aromatic rings. The van der Waals surface area contributed by atoms with Crippen LogP contribution in [-0.4, -0.2) is 32.3 Å². The maximum absolute atomic E-state index is 12.3. The van der Waals surface area contributed by atoms with Gasteiger partial charge in [0, 0.05) is 11.5 Å². The Bertz CT molecular complexity index is 550. The van der Waals surface area contributed by atoms with E-state index in [4.69, 9.17) is 4.74 Å². The van der Waals surface area contributed by atoms with Gasteiger partial charge in [0.1, 0.15) is 0 Å². The highest BCUT2D eigenvalue weighted by atomic mass is 32.2. The van der Waals surface area contributed by atoms with Crippen LogP contribution < -0.4 is 4.72 Å². The second kappa shape index (κ2) is 5.14. The third kappa shape index (κ3) is 2.71. The van der Waals surface area contributed by atoms with Gasteiger partial charge < -0.3 is 9.84 Å². The number of ether oxygens (including phenoxy) is 1. The molecule has 2 heterocycles. The van der Waals surface area contributed by atoms with Crippen LogP contribution in [0.4, 0.5) is 0 Å². The molecule has 1 aromatic heterocycles. The van der Waals surface area contributed by atoms with Crippen LogP contribution in [0.25, 0.3) is 0 Å². The Labute approximate surface area is 116 Å². The molecule has 1 saturated heterocycles. The van der Waals surface area contributed by atoms with E-state index in [9.17, 15) is 13.5 Å². The molecule has 0 amide bonds. The monoisotopic (exact) mass is 303 g/mol. The van der Waals surface area contributed by atoms with Crippen LogP contribution in [0.2, 0.25) is 0 Å². The van der Waals surface area contributed by atoms with Crippen molar-refractivity contribution in [3.05, 3.63) is 16.3 Å². The molecule has 0 aromatic carbocycles. The molecule has 2 atom stereocenters. The van der Waals surface area contributed by atoms with Crippen LogP contribution in [0, 0.1) is 5.92 Å². The maximum atomic E-state index is 12.3. The first-order valence-electron chi connectivity index (χ1n) is 6.43. The van der Waals surface area contributed by atoms with Crippen molar-refractivity contribution in [2.24, 2.45) is 5.92 Å². The van der Waals surface area contributed by atoms with Gasteiger partial charge in [0.25, 0.3) is 0 Å². The molecule has 2 unspecified atom stereocenters. The number of sulfonamides is 1. The van der Waals surface area contributed by atoms with Gasteiger partial charge in [0.05, 0.1) is 23.6 Å². The lowest BCUT2D eigenvalue weighted by Crippen LogP contribution is -2.41. The Morgan fingerprint density at radius 3 is 2.89 bits per heavy atom. The molecule has 19 heavy (non-hydrogen) atoms. The van der Waals surface area contributed by atoms with Crippen molar-refractivity contribution >= 4 is 21.4 Å². The zero-order chi connectivity index (χ0) is 13.5. The van der Waals surface area contributed by atoms with Crippen LogP contribution in [-0.2, 0) is 21.4 Å². The lowest BCUT2D eigenvalue weighted by Gasteiger charge is -2.19. The number of hydrogen-bond donors (Lipinski definition) is 2. The summed E-state index contributed by atoms with van der Waals surface area (Å²) in [6, 6.07) is 1.41.